The average molecular weight is 187 g/mol. The number of rotatable bonds is 5. The molecule has 13 heavy (non-hydrogen) atoms. The smallest absolute Gasteiger partial charge is 0.0810 e. The molecule has 0 radical (unpaired) electrons. The van der Waals surface area contributed by atoms with Crippen molar-refractivity contribution < 1.29 is 9.84 Å². The van der Waals surface area contributed by atoms with Crippen LogP contribution in [0.1, 0.15) is 26.7 Å². The van der Waals surface area contributed by atoms with Gasteiger partial charge < -0.3 is 15.6 Å². The highest BCUT2D eigenvalue weighted by Crippen LogP contribution is 2.43. The molecule has 1 aliphatic carbocycles. The van der Waals surface area contributed by atoms with Crippen LogP contribution in [0.15, 0.2) is 0 Å². The molecule has 1 aliphatic rings. The zero-order chi connectivity index (χ0) is 9.90. The largest absolute Gasteiger partial charge is 0.394 e. The maximum Gasteiger partial charge on any atom is 0.0810 e. The number of hydrogen-bond acceptors (Lipinski definition) is 3. The molecule has 1 fully saturated rings. The number of aliphatic hydroxyl groups excluding tert-OH is 1. The third-order valence-corrected chi connectivity index (χ3v) is 3.08. The van der Waals surface area contributed by atoms with E-state index < -0.39 is 0 Å². The van der Waals surface area contributed by atoms with E-state index in [4.69, 9.17) is 15.6 Å². The summed E-state index contributed by atoms with van der Waals surface area (Å²) in [6.07, 6.45) is 2.11. The van der Waals surface area contributed by atoms with Gasteiger partial charge in [-0.3, -0.25) is 0 Å². The molecule has 0 atom stereocenters. The van der Waals surface area contributed by atoms with Gasteiger partial charge in [0.05, 0.1) is 18.8 Å². The van der Waals surface area contributed by atoms with Crippen LogP contribution in [-0.4, -0.2) is 30.5 Å². The van der Waals surface area contributed by atoms with Crippen molar-refractivity contribution in [1.29, 1.82) is 0 Å². The maximum absolute atomic E-state index is 8.65. The Kier molecular flexibility index (Phi) is 3.71. The van der Waals surface area contributed by atoms with E-state index in [2.05, 4.69) is 13.8 Å². The summed E-state index contributed by atoms with van der Waals surface area (Å²) < 4.78 is 5.57. The first kappa shape index (κ1) is 11.0. The van der Waals surface area contributed by atoms with Crippen LogP contribution in [0.25, 0.3) is 0 Å². The normalized spacial score (nSPS) is 33.5. The van der Waals surface area contributed by atoms with E-state index in [0.717, 1.165) is 24.7 Å². The molecule has 0 aromatic heterocycles. The standard InChI is InChI=1S/C10H21NO2/c1-8(2)9-5-10(6-9,7-11)13-4-3-12/h8-9,12H,3-7,11H2,1-2H3. The maximum atomic E-state index is 8.65. The van der Waals surface area contributed by atoms with E-state index in [0.29, 0.717) is 13.2 Å². The molecule has 3 heteroatoms. The van der Waals surface area contributed by atoms with Gasteiger partial charge in [0.15, 0.2) is 0 Å². The van der Waals surface area contributed by atoms with Crippen LogP contribution in [0.5, 0.6) is 0 Å². The lowest BCUT2D eigenvalue weighted by Gasteiger charge is -2.48. The Morgan fingerprint density at radius 2 is 2.15 bits per heavy atom. The van der Waals surface area contributed by atoms with Crippen molar-refractivity contribution >= 4 is 0 Å². The molecule has 0 amide bonds. The van der Waals surface area contributed by atoms with Gasteiger partial charge in [-0.2, -0.15) is 0 Å². The van der Waals surface area contributed by atoms with Crippen LogP contribution in [0.4, 0.5) is 0 Å². The van der Waals surface area contributed by atoms with Crippen LogP contribution < -0.4 is 5.73 Å². The Morgan fingerprint density at radius 1 is 1.54 bits per heavy atom. The molecule has 0 saturated heterocycles. The molecule has 0 unspecified atom stereocenters. The molecule has 0 aliphatic heterocycles. The predicted octanol–water partition coefficient (Wildman–Crippen LogP) is 0.759. The monoisotopic (exact) mass is 187 g/mol. The van der Waals surface area contributed by atoms with E-state index in [1.165, 1.54) is 0 Å². The Labute approximate surface area is 80.3 Å². The zero-order valence-corrected chi connectivity index (χ0v) is 8.62. The first-order valence-corrected chi connectivity index (χ1v) is 5.08. The highest BCUT2D eigenvalue weighted by molar-refractivity contribution is 4.97. The SMILES string of the molecule is CC(C)C1CC(CN)(OCCO)C1. The van der Waals surface area contributed by atoms with Gasteiger partial charge >= 0.3 is 0 Å². The van der Waals surface area contributed by atoms with Crippen molar-refractivity contribution in [2.45, 2.75) is 32.3 Å². The van der Waals surface area contributed by atoms with Crippen molar-refractivity contribution in [2.24, 2.45) is 17.6 Å². The lowest BCUT2D eigenvalue weighted by Crippen LogP contribution is -2.53. The minimum atomic E-state index is -0.113. The number of hydrogen-bond donors (Lipinski definition) is 2. The van der Waals surface area contributed by atoms with Gasteiger partial charge in [-0.05, 0) is 24.7 Å². The minimum Gasteiger partial charge on any atom is -0.394 e. The second-order valence-electron chi connectivity index (χ2n) is 4.37. The topological polar surface area (TPSA) is 55.5 Å². The summed E-state index contributed by atoms with van der Waals surface area (Å²) in [4.78, 5) is 0. The molecule has 0 aromatic carbocycles. The fourth-order valence-electron chi connectivity index (χ4n) is 1.97. The quantitative estimate of drug-likeness (QED) is 0.668. The van der Waals surface area contributed by atoms with Crippen LogP contribution in [0.3, 0.4) is 0 Å². The zero-order valence-electron chi connectivity index (χ0n) is 8.62. The van der Waals surface area contributed by atoms with Crippen LogP contribution in [0.2, 0.25) is 0 Å². The summed E-state index contributed by atoms with van der Waals surface area (Å²) in [6, 6.07) is 0. The van der Waals surface area contributed by atoms with Crippen molar-refractivity contribution in [3.63, 3.8) is 0 Å². The van der Waals surface area contributed by atoms with Crippen LogP contribution >= 0.6 is 0 Å². The number of aliphatic hydroxyl groups is 1. The summed E-state index contributed by atoms with van der Waals surface area (Å²) in [5, 5.41) is 8.65. The second-order valence-corrected chi connectivity index (χ2v) is 4.37. The molecule has 1 saturated carbocycles. The third-order valence-electron chi connectivity index (χ3n) is 3.08. The molecule has 0 spiro atoms. The molecule has 0 aromatic rings. The Morgan fingerprint density at radius 3 is 2.54 bits per heavy atom. The first-order chi connectivity index (χ1) is 6.13. The summed E-state index contributed by atoms with van der Waals surface area (Å²) >= 11 is 0. The number of nitrogens with two attached hydrogens (primary N) is 1. The third kappa shape index (κ3) is 2.42. The van der Waals surface area contributed by atoms with Gasteiger partial charge in [-0.25, -0.2) is 0 Å². The van der Waals surface area contributed by atoms with Gasteiger partial charge in [0.2, 0.25) is 0 Å². The molecular weight excluding hydrogens is 166 g/mol. The molecule has 78 valence electrons. The van der Waals surface area contributed by atoms with E-state index in [-0.39, 0.29) is 12.2 Å². The molecule has 1 rings (SSSR count). The van der Waals surface area contributed by atoms with Gasteiger partial charge in [-0.15, -0.1) is 0 Å². The first-order valence-electron chi connectivity index (χ1n) is 5.08. The van der Waals surface area contributed by atoms with Gasteiger partial charge in [0.25, 0.3) is 0 Å². The Bertz CT molecular complexity index is 153. The van der Waals surface area contributed by atoms with Crippen molar-refractivity contribution in [3.05, 3.63) is 0 Å². The summed E-state index contributed by atoms with van der Waals surface area (Å²) in [7, 11) is 0. The van der Waals surface area contributed by atoms with Gasteiger partial charge in [0, 0.05) is 6.54 Å². The predicted molar refractivity (Wildman–Crippen MR) is 52.4 cm³/mol. The molecule has 3 nitrogen and oxygen atoms in total. The van der Waals surface area contributed by atoms with E-state index in [1.807, 2.05) is 0 Å². The molecular formula is C10H21NO2. The van der Waals surface area contributed by atoms with Gasteiger partial charge in [-0.1, -0.05) is 13.8 Å². The lowest BCUT2D eigenvalue weighted by atomic mass is 9.66. The minimum absolute atomic E-state index is 0.0914. The summed E-state index contributed by atoms with van der Waals surface area (Å²) in [5.74, 6) is 1.47. The summed E-state index contributed by atoms with van der Waals surface area (Å²) in [5.41, 5.74) is 5.55. The Hall–Kier alpha value is -0.120. The summed E-state index contributed by atoms with van der Waals surface area (Å²) in [6.45, 7) is 5.56. The van der Waals surface area contributed by atoms with Crippen LogP contribution in [-0.2, 0) is 4.74 Å². The van der Waals surface area contributed by atoms with E-state index in [1.54, 1.807) is 0 Å². The lowest BCUT2D eigenvalue weighted by molar-refractivity contribution is -0.137. The van der Waals surface area contributed by atoms with Crippen molar-refractivity contribution in [3.8, 4) is 0 Å². The molecule has 0 bridgehead atoms. The number of ether oxygens (including phenoxy) is 1. The highest BCUT2D eigenvalue weighted by atomic mass is 16.5. The Balaban J connectivity index is 2.31. The van der Waals surface area contributed by atoms with E-state index >= 15 is 0 Å². The van der Waals surface area contributed by atoms with Crippen molar-refractivity contribution in [2.75, 3.05) is 19.8 Å². The van der Waals surface area contributed by atoms with Crippen LogP contribution in [0, 0.1) is 11.8 Å². The fraction of sp³-hybridized carbons (Fsp3) is 1.00. The second kappa shape index (κ2) is 4.40. The fourth-order valence-corrected chi connectivity index (χ4v) is 1.97. The van der Waals surface area contributed by atoms with Crippen molar-refractivity contribution in [1.82, 2.24) is 0 Å². The van der Waals surface area contributed by atoms with E-state index in [9.17, 15) is 0 Å². The highest BCUT2D eigenvalue weighted by Gasteiger charge is 2.45. The molecule has 3 N–H and O–H groups in total. The molecule has 0 heterocycles. The van der Waals surface area contributed by atoms with Gasteiger partial charge in [0.1, 0.15) is 0 Å². The average Bonchev–Trinajstić information content (AvgIpc) is 2.03.